The summed E-state index contributed by atoms with van der Waals surface area (Å²) in [5.74, 6) is 1.13. The fourth-order valence-electron chi connectivity index (χ4n) is 2.70. The van der Waals surface area contributed by atoms with E-state index in [0.717, 1.165) is 21.3 Å². The molecule has 0 radical (unpaired) electrons. The van der Waals surface area contributed by atoms with E-state index in [2.05, 4.69) is 25.9 Å². The van der Waals surface area contributed by atoms with Gasteiger partial charge in [0.05, 0.1) is 7.11 Å². The highest BCUT2D eigenvalue weighted by atomic mass is 79.9. The predicted molar refractivity (Wildman–Crippen MR) is 111 cm³/mol. The Labute approximate surface area is 168 Å². The van der Waals surface area contributed by atoms with Gasteiger partial charge in [0, 0.05) is 21.6 Å². The van der Waals surface area contributed by atoms with E-state index in [0.29, 0.717) is 16.7 Å². The lowest BCUT2D eigenvalue weighted by Crippen LogP contribution is -2.32. The number of carbonyl (C=O) groups excluding carboxylic acids is 1. The van der Waals surface area contributed by atoms with Crippen molar-refractivity contribution < 1.29 is 9.53 Å². The smallest absolute Gasteiger partial charge is 0.284 e. The molecule has 2 heterocycles. The van der Waals surface area contributed by atoms with Crippen LogP contribution in [0.3, 0.4) is 0 Å². The Bertz CT molecular complexity index is 1040. The van der Waals surface area contributed by atoms with Crippen molar-refractivity contribution in [3.05, 3.63) is 81.4 Å². The van der Waals surface area contributed by atoms with Crippen LogP contribution in [0.1, 0.15) is 11.1 Å². The number of amides is 1. The minimum atomic E-state index is -0.198. The van der Waals surface area contributed by atoms with Crippen LogP contribution in [0.15, 0.2) is 75.3 Å². The molecule has 0 saturated heterocycles. The molecule has 5 nitrogen and oxygen atoms in total. The van der Waals surface area contributed by atoms with Gasteiger partial charge in [0.15, 0.2) is 5.13 Å². The number of ether oxygens (including phenoxy) is 1. The summed E-state index contributed by atoms with van der Waals surface area (Å²) in [5.41, 5.74) is 2.08. The number of aliphatic imine (C=N–C) groups is 1. The average Bonchev–Trinajstić information content (AvgIpc) is 3.31. The summed E-state index contributed by atoms with van der Waals surface area (Å²) in [5, 5.41) is 2.43. The number of halogens is 1. The first-order valence-corrected chi connectivity index (χ1v) is 9.77. The highest BCUT2D eigenvalue weighted by Crippen LogP contribution is 2.30. The zero-order chi connectivity index (χ0) is 18.8. The van der Waals surface area contributed by atoms with Crippen LogP contribution in [0.2, 0.25) is 0 Å². The van der Waals surface area contributed by atoms with Gasteiger partial charge in [0.1, 0.15) is 17.3 Å². The van der Waals surface area contributed by atoms with Gasteiger partial charge in [-0.2, -0.15) is 0 Å². The molecule has 2 aromatic carbocycles. The SMILES string of the molecule is COc1ccc(C=C2N=C(c3cccc(Br)c3)N(c3nccs3)C2=O)cc1. The van der Waals surface area contributed by atoms with Crippen molar-refractivity contribution in [2.45, 2.75) is 0 Å². The maximum atomic E-state index is 13.1. The van der Waals surface area contributed by atoms with E-state index >= 15 is 0 Å². The van der Waals surface area contributed by atoms with Crippen LogP contribution in [0, 0.1) is 0 Å². The number of thiazole rings is 1. The molecule has 0 N–H and O–H groups in total. The number of benzene rings is 2. The third-order valence-corrected chi connectivity index (χ3v) is 5.22. The second-order valence-corrected chi connectivity index (χ2v) is 7.49. The van der Waals surface area contributed by atoms with E-state index in [1.807, 2.05) is 53.9 Å². The monoisotopic (exact) mass is 439 g/mol. The van der Waals surface area contributed by atoms with E-state index in [9.17, 15) is 4.79 Å². The molecule has 0 aliphatic carbocycles. The molecular formula is C20H14BrN3O2S. The number of nitrogens with zero attached hydrogens (tertiary/aromatic N) is 3. The number of anilines is 1. The van der Waals surface area contributed by atoms with E-state index in [-0.39, 0.29) is 5.91 Å². The number of hydrogen-bond donors (Lipinski definition) is 0. The third kappa shape index (κ3) is 3.56. The molecule has 1 aliphatic rings. The Kier molecular flexibility index (Phi) is 4.87. The zero-order valence-corrected chi connectivity index (χ0v) is 16.7. The minimum absolute atomic E-state index is 0.198. The average molecular weight is 440 g/mol. The largest absolute Gasteiger partial charge is 0.497 e. The molecule has 0 bridgehead atoms. The number of hydrogen-bond acceptors (Lipinski definition) is 5. The van der Waals surface area contributed by atoms with Crippen LogP contribution in [-0.2, 0) is 4.79 Å². The fourth-order valence-corrected chi connectivity index (χ4v) is 3.74. The molecule has 1 amide bonds. The van der Waals surface area contributed by atoms with Gasteiger partial charge in [0.2, 0.25) is 0 Å². The van der Waals surface area contributed by atoms with E-state index in [1.54, 1.807) is 24.3 Å². The maximum absolute atomic E-state index is 13.1. The molecule has 4 rings (SSSR count). The quantitative estimate of drug-likeness (QED) is 0.551. The lowest BCUT2D eigenvalue weighted by molar-refractivity contribution is -0.113. The summed E-state index contributed by atoms with van der Waals surface area (Å²) < 4.78 is 6.10. The van der Waals surface area contributed by atoms with Crippen LogP contribution in [0.5, 0.6) is 5.75 Å². The Morgan fingerprint density at radius 1 is 1.19 bits per heavy atom. The topological polar surface area (TPSA) is 54.8 Å². The lowest BCUT2D eigenvalue weighted by Gasteiger charge is -2.15. The van der Waals surface area contributed by atoms with Crippen LogP contribution < -0.4 is 9.64 Å². The van der Waals surface area contributed by atoms with E-state index in [1.165, 1.54) is 11.3 Å². The molecule has 3 aromatic rings. The van der Waals surface area contributed by atoms with Gasteiger partial charge in [-0.05, 0) is 35.9 Å². The molecule has 27 heavy (non-hydrogen) atoms. The fraction of sp³-hybridized carbons (Fsp3) is 0.0500. The van der Waals surface area contributed by atoms with Gasteiger partial charge in [0.25, 0.3) is 5.91 Å². The molecule has 134 valence electrons. The number of rotatable bonds is 4. The highest BCUT2D eigenvalue weighted by molar-refractivity contribution is 9.10. The number of carbonyl (C=O) groups is 1. The van der Waals surface area contributed by atoms with Crippen molar-refractivity contribution in [2.75, 3.05) is 12.0 Å². The van der Waals surface area contributed by atoms with Crippen LogP contribution in [0.4, 0.5) is 5.13 Å². The Morgan fingerprint density at radius 3 is 2.67 bits per heavy atom. The first-order chi connectivity index (χ1) is 13.2. The summed E-state index contributed by atoms with van der Waals surface area (Å²) in [4.78, 5) is 23.6. The Hall–Kier alpha value is -2.77. The summed E-state index contributed by atoms with van der Waals surface area (Å²) in [6.45, 7) is 0. The van der Waals surface area contributed by atoms with Crippen molar-refractivity contribution in [3.63, 3.8) is 0 Å². The minimum Gasteiger partial charge on any atom is -0.497 e. The van der Waals surface area contributed by atoms with Crippen LogP contribution in [-0.4, -0.2) is 23.8 Å². The summed E-state index contributed by atoms with van der Waals surface area (Å²) in [7, 11) is 1.62. The summed E-state index contributed by atoms with van der Waals surface area (Å²) >= 11 is 4.88. The first kappa shape index (κ1) is 17.6. The van der Waals surface area contributed by atoms with Crippen molar-refractivity contribution in [1.29, 1.82) is 0 Å². The second-order valence-electron chi connectivity index (χ2n) is 5.70. The molecule has 0 fully saturated rings. The Balaban J connectivity index is 1.78. The zero-order valence-electron chi connectivity index (χ0n) is 14.3. The number of aromatic nitrogens is 1. The van der Waals surface area contributed by atoms with Gasteiger partial charge < -0.3 is 4.74 Å². The molecule has 0 atom stereocenters. The molecule has 0 saturated carbocycles. The molecule has 0 unspecified atom stereocenters. The van der Waals surface area contributed by atoms with Crippen molar-refractivity contribution in [2.24, 2.45) is 4.99 Å². The molecule has 0 spiro atoms. The van der Waals surface area contributed by atoms with Crippen molar-refractivity contribution in [1.82, 2.24) is 4.98 Å². The van der Waals surface area contributed by atoms with E-state index in [4.69, 9.17) is 4.74 Å². The summed E-state index contributed by atoms with van der Waals surface area (Å²) in [6.07, 6.45) is 3.45. The Morgan fingerprint density at radius 2 is 2.00 bits per heavy atom. The van der Waals surface area contributed by atoms with Gasteiger partial charge in [-0.15, -0.1) is 11.3 Å². The molecule has 1 aliphatic heterocycles. The summed E-state index contributed by atoms with van der Waals surface area (Å²) in [6, 6.07) is 15.2. The van der Waals surface area contributed by atoms with Crippen molar-refractivity contribution in [3.8, 4) is 5.75 Å². The number of methoxy groups -OCH3 is 1. The van der Waals surface area contributed by atoms with Crippen LogP contribution in [0.25, 0.3) is 6.08 Å². The van der Waals surface area contributed by atoms with Gasteiger partial charge >= 0.3 is 0 Å². The second kappa shape index (κ2) is 7.46. The normalized spacial score (nSPS) is 15.3. The van der Waals surface area contributed by atoms with E-state index < -0.39 is 0 Å². The standard InChI is InChI=1S/C20H14BrN3O2S/c1-26-16-7-5-13(6-8-16)11-17-19(25)24(20-22-9-10-27-20)18(23-17)14-3-2-4-15(21)12-14/h2-12H,1H3. The predicted octanol–water partition coefficient (Wildman–Crippen LogP) is 4.75. The van der Waals surface area contributed by atoms with Crippen LogP contribution >= 0.6 is 27.3 Å². The number of amidine groups is 1. The molecular weight excluding hydrogens is 426 g/mol. The van der Waals surface area contributed by atoms with Gasteiger partial charge in [-0.1, -0.05) is 40.2 Å². The van der Waals surface area contributed by atoms with Gasteiger partial charge in [-0.25, -0.2) is 14.9 Å². The lowest BCUT2D eigenvalue weighted by atomic mass is 10.2. The van der Waals surface area contributed by atoms with Gasteiger partial charge in [-0.3, -0.25) is 4.79 Å². The molecule has 1 aromatic heterocycles. The molecule has 7 heteroatoms. The van der Waals surface area contributed by atoms with Crippen molar-refractivity contribution >= 4 is 50.2 Å². The third-order valence-electron chi connectivity index (χ3n) is 3.97. The maximum Gasteiger partial charge on any atom is 0.284 e. The highest BCUT2D eigenvalue weighted by Gasteiger charge is 2.34. The first-order valence-electron chi connectivity index (χ1n) is 8.10.